The van der Waals surface area contributed by atoms with Crippen molar-refractivity contribution in [2.75, 3.05) is 50.8 Å². The van der Waals surface area contributed by atoms with E-state index in [-0.39, 0.29) is 23.3 Å². The largest absolute Gasteiger partial charge is 0.493 e. The summed E-state index contributed by atoms with van der Waals surface area (Å²) in [6.07, 6.45) is -3.75. The summed E-state index contributed by atoms with van der Waals surface area (Å²) < 4.78 is 46.4. The predicted octanol–water partition coefficient (Wildman–Crippen LogP) is 7.27. The summed E-state index contributed by atoms with van der Waals surface area (Å²) in [6.45, 7) is 8.21. The van der Waals surface area contributed by atoms with Crippen molar-refractivity contribution in [3.63, 3.8) is 0 Å². The molecule has 0 amide bonds. The Bertz CT molecular complexity index is 1160. The summed E-state index contributed by atoms with van der Waals surface area (Å²) >= 11 is 6.23. The quantitative estimate of drug-likeness (QED) is 0.241. The average molecular weight is 583 g/mol. The van der Waals surface area contributed by atoms with Crippen molar-refractivity contribution in [1.29, 1.82) is 0 Å². The van der Waals surface area contributed by atoms with E-state index in [9.17, 15) is 13.2 Å². The molecule has 1 fully saturated rings. The van der Waals surface area contributed by atoms with Crippen LogP contribution in [0, 0.1) is 0 Å². The Hall–Kier alpha value is -2.45. The van der Waals surface area contributed by atoms with Crippen LogP contribution >= 0.6 is 24.0 Å². The maximum Gasteiger partial charge on any atom is 0.417 e. The Kier molecular flexibility index (Phi) is 11.8. The molecule has 3 aromatic rings. The van der Waals surface area contributed by atoms with E-state index in [1.165, 1.54) is 11.6 Å². The zero-order valence-electron chi connectivity index (χ0n) is 22.1. The number of nitrogens with zero attached hydrogens (tertiary/aromatic N) is 2. The Labute approximate surface area is 240 Å². The zero-order valence-corrected chi connectivity index (χ0v) is 23.7. The van der Waals surface area contributed by atoms with E-state index in [1.54, 1.807) is 6.07 Å². The number of nitrogens with one attached hydrogen (secondary N) is 1. The Morgan fingerprint density at radius 3 is 2.44 bits per heavy atom. The second-order valence-corrected chi connectivity index (χ2v) is 10.1. The summed E-state index contributed by atoms with van der Waals surface area (Å²) in [5.74, 6) is 1.03. The lowest BCUT2D eigenvalue weighted by atomic mass is 10.00. The maximum atomic E-state index is 13.4. The highest BCUT2D eigenvalue weighted by molar-refractivity contribution is 6.32. The van der Waals surface area contributed by atoms with Gasteiger partial charge in [0, 0.05) is 57.6 Å². The van der Waals surface area contributed by atoms with Crippen molar-refractivity contribution < 1.29 is 17.9 Å². The third kappa shape index (κ3) is 9.04. The number of alkyl halides is 3. The molecule has 0 saturated carbocycles. The van der Waals surface area contributed by atoms with Crippen molar-refractivity contribution in [2.24, 2.45) is 0 Å². The Morgan fingerprint density at radius 2 is 1.72 bits per heavy atom. The van der Waals surface area contributed by atoms with Crippen LogP contribution in [-0.4, -0.2) is 50.8 Å². The van der Waals surface area contributed by atoms with E-state index < -0.39 is 11.7 Å². The zero-order chi connectivity index (χ0) is 27.0. The minimum atomic E-state index is -4.48. The lowest BCUT2D eigenvalue weighted by Gasteiger charge is -2.29. The van der Waals surface area contributed by atoms with E-state index in [0.29, 0.717) is 31.8 Å². The third-order valence-electron chi connectivity index (χ3n) is 6.87. The molecule has 0 bridgehead atoms. The van der Waals surface area contributed by atoms with Gasteiger partial charge in [0.25, 0.3) is 0 Å². The summed E-state index contributed by atoms with van der Waals surface area (Å²) in [5.41, 5.74) is 2.03. The standard InChI is InChI=1S/C30H35ClF3N3O.ClH/c1-23(24-8-3-2-4-9-24)21-36(22-25-10-5-13-28(29(25)31)30(32,33)34)16-7-19-38-27-12-6-11-26(20-27)37-17-14-35-15-18-37;/h2-6,8-13,20,23,35H,7,14-19,21-22H2,1H3;1H. The molecule has 4 nitrogen and oxygen atoms in total. The van der Waals surface area contributed by atoms with E-state index in [4.69, 9.17) is 16.3 Å². The number of hydrogen-bond donors (Lipinski definition) is 1. The van der Waals surface area contributed by atoms with Crippen LogP contribution in [0.1, 0.15) is 36.0 Å². The molecule has 1 aliphatic heterocycles. The van der Waals surface area contributed by atoms with Gasteiger partial charge in [0.1, 0.15) is 5.75 Å². The Balaban J connectivity index is 0.00000420. The van der Waals surface area contributed by atoms with Crippen LogP contribution in [0.4, 0.5) is 18.9 Å². The van der Waals surface area contributed by atoms with Gasteiger partial charge in [-0.1, -0.05) is 67.1 Å². The first-order chi connectivity index (χ1) is 18.3. The minimum Gasteiger partial charge on any atom is -0.493 e. The molecule has 212 valence electrons. The smallest absolute Gasteiger partial charge is 0.417 e. The van der Waals surface area contributed by atoms with Crippen molar-refractivity contribution >= 4 is 29.7 Å². The summed E-state index contributed by atoms with van der Waals surface area (Å²) in [7, 11) is 0. The molecule has 1 aliphatic rings. The highest BCUT2D eigenvalue weighted by Crippen LogP contribution is 2.36. The molecule has 1 N–H and O–H groups in total. The van der Waals surface area contributed by atoms with Gasteiger partial charge in [0.15, 0.2) is 0 Å². The molecule has 1 unspecified atom stereocenters. The molecule has 0 radical (unpaired) electrons. The third-order valence-corrected chi connectivity index (χ3v) is 7.31. The highest BCUT2D eigenvalue weighted by Gasteiger charge is 2.34. The van der Waals surface area contributed by atoms with Crippen LogP contribution in [-0.2, 0) is 12.7 Å². The van der Waals surface area contributed by atoms with Gasteiger partial charge in [0.2, 0.25) is 0 Å². The molecule has 9 heteroatoms. The molecule has 0 aromatic heterocycles. The number of anilines is 1. The van der Waals surface area contributed by atoms with Gasteiger partial charge >= 0.3 is 6.18 Å². The lowest BCUT2D eigenvalue weighted by molar-refractivity contribution is -0.137. The van der Waals surface area contributed by atoms with Crippen LogP contribution in [0.3, 0.4) is 0 Å². The van der Waals surface area contributed by atoms with E-state index >= 15 is 0 Å². The van der Waals surface area contributed by atoms with Gasteiger partial charge in [-0.15, -0.1) is 12.4 Å². The number of benzene rings is 3. The van der Waals surface area contributed by atoms with Crippen LogP contribution in [0.25, 0.3) is 0 Å². The normalized spacial score (nSPS) is 14.7. The number of rotatable bonds is 11. The topological polar surface area (TPSA) is 27.7 Å². The number of halogens is 5. The van der Waals surface area contributed by atoms with Crippen LogP contribution in [0.2, 0.25) is 5.02 Å². The number of hydrogen-bond acceptors (Lipinski definition) is 4. The van der Waals surface area contributed by atoms with Crippen molar-refractivity contribution in [2.45, 2.75) is 32.0 Å². The van der Waals surface area contributed by atoms with Crippen molar-refractivity contribution in [1.82, 2.24) is 10.2 Å². The van der Waals surface area contributed by atoms with Gasteiger partial charge in [0.05, 0.1) is 17.2 Å². The second kappa shape index (κ2) is 14.8. The summed E-state index contributed by atoms with van der Waals surface area (Å²) in [5, 5.41) is 3.14. The molecule has 3 aromatic carbocycles. The van der Waals surface area contributed by atoms with E-state index in [1.807, 2.05) is 30.3 Å². The van der Waals surface area contributed by atoms with Crippen LogP contribution in [0.15, 0.2) is 72.8 Å². The van der Waals surface area contributed by atoms with Gasteiger partial charge in [-0.3, -0.25) is 4.90 Å². The Morgan fingerprint density at radius 1 is 1.00 bits per heavy atom. The first-order valence-electron chi connectivity index (χ1n) is 13.1. The summed E-state index contributed by atoms with van der Waals surface area (Å²) in [6, 6.07) is 22.4. The molecule has 39 heavy (non-hydrogen) atoms. The highest BCUT2D eigenvalue weighted by atomic mass is 35.5. The van der Waals surface area contributed by atoms with Crippen molar-refractivity contribution in [3.05, 3.63) is 94.5 Å². The minimum absolute atomic E-state index is 0. The average Bonchev–Trinajstić information content (AvgIpc) is 2.92. The van der Waals surface area contributed by atoms with E-state index in [2.05, 4.69) is 46.3 Å². The predicted molar refractivity (Wildman–Crippen MR) is 155 cm³/mol. The first kappa shape index (κ1) is 31.1. The second-order valence-electron chi connectivity index (χ2n) is 9.76. The van der Waals surface area contributed by atoms with Gasteiger partial charge in [-0.25, -0.2) is 0 Å². The van der Waals surface area contributed by atoms with E-state index in [0.717, 1.165) is 50.1 Å². The molecule has 1 saturated heterocycles. The SMILES string of the molecule is CC(CN(CCCOc1cccc(N2CCNCC2)c1)Cc1cccc(C(F)(F)F)c1Cl)c1ccccc1.Cl. The van der Waals surface area contributed by atoms with Gasteiger partial charge < -0.3 is 15.0 Å². The fraction of sp³-hybridized carbons (Fsp3) is 0.400. The van der Waals surface area contributed by atoms with Gasteiger partial charge in [-0.05, 0) is 41.7 Å². The fourth-order valence-corrected chi connectivity index (χ4v) is 5.14. The molecule has 4 rings (SSSR count). The molecule has 1 heterocycles. The summed E-state index contributed by atoms with van der Waals surface area (Å²) in [4.78, 5) is 4.51. The first-order valence-corrected chi connectivity index (χ1v) is 13.5. The fourth-order valence-electron chi connectivity index (χ4n) is 4.84. The molecule has 0 aliphatic carbocycles. The van der Waals surface area contributed by atoms with Crippen LogP contribution < -0.4 is 15.0 Å². The number of piperazine rings is 1. The van der Waals surface area contributed by atoms with Crippen molar-refractivity contribution in [3.8, 4) is 5.75 Å². The number of ether oxygens (including phenoxy) is 1. The van der Waals surface area contributed by atoms with Gasteiger partial charge in [-0.2, -0.15) is 13.2 Å². The monoisotopic (exact) mass is 581 g/mol. The molecular formula is C30H36Cl2F3N3O. The molecular weight excluding hydrogens is 546 g/mol. The lowest BCUT2D eigenvalue weighted by Crippen LogP contribution is -2.43. The van der Waals surface area contributed by atoms with Crippen LogP contribution in [0.5, 0.6) is 5.75 Å². The maximum absolute atomic E-state index is 13.4. The molecule has 1 atom stereocenters. The molecule has 0 spiro atoms.